The Bertz CT molecular complexity index is 437. The second kappa shape index (κ2) is 6.89. The molecule has 0 saturated heterocycles. The Morgan fingerprint density at radius 1 is 1.35 bits per heavy atom. The van der Waals surface area contributed by atoms with Gasteiger partial charge < -0.3 is 10.6 Å². The lowest BCUT2D eigenvalue weighted by atomic mass is 10.0. The van der Waals surface area contributed by atoms with Gasteiger partial charge in [0.2, 0.25) is 5.91 Å². The molecule has 1 aliphatic rings. The van der Waals surface area contributed by atoms with E-state index in [9.17, 15) is 4.79 Å². The van der Waals surface area contributed by atoms with E-state index < -0.39 is 0 Å². The van der Waals surface area contributed by atoms with Crippen LogP contribution in [0, 0.1) is 12.8 Å². The second-order valence-corrected chi connectivity index (χ2v) is 5.90. The summed E-state index contributed by atoms with van der Waals surface area (Å²) in [6.45, 7) is 5.38. The van der Waals surface area contributed by atoms with Gasteiger partial charge in [0.15, 0.2) is 0 Å². The average Bonchev–Trinajstić information content (AvgIpc) is 3.28. The molecule has 1 unspecified atom stereocenters. The molecule has 2 N–H and O–H groups in total. The van der Waals surface area contributed by atoms with Crippen molar-refractivity contribution in [2.75, 3.05) is 6.54 Å². The lowest BCUT2D eigenvalue weighted by Gasteiger charge is -2.27. The van der Waals surface area contributed by atoms with Crippen LogP contribution in [-0.4, -0.2) is 23.4 Å². The lowest BCUT2D eigenvalue weighted by Crippen LogP contribution is -2.40. The van der Waals surface area contributed by atoms with Crippen LogP contribution in [0.1, 0.15) is 43.7 Å². The average molecular weight is 274 g/mol. The van der Waals surface area contributed by atoms with Gasteiger partial charge >= 0.3 is 0 Å². The highest BCUT2D eigenvalue weighted by atomic mass is 16.2. The van der Waals surface area contributed by atoms with Gasteiger partial charge in [0, 0.05) is 19.1 Å². The van der Waals surface area contributed by atoms with E-state index in [1.165, 1.54) is 11.1 Å². The molecule has 0 bridgehead atoms. The maximum atomic E-state index is 12.7. The zero-order valence-corrected chi connectivity index (χ0v) is 12.6. The monoisotopic (exact) mass is 274 g/mol. The van der Waals surface area contributed by atoms with Crippen LogP contribution in [0.4, 0.5) is 0 Å². The summed E-state index contributed by atoms with van der Waals surface area (Å²) in [5.41, 5.74) is 8.25. The number of hydrogen-bond acceptors (Lipinski definition) is 2. The molecule has 1 fully saturated rings. The smallest absolute Gasteiger partial charge is 0.227 e. The van der Waals surface area contributed by atoms with Gasteiger partial charge in [-0.1, -0.05) is 43.2 Å². The van der Waals surface area contributed by atoms with Gasteiger partial charge in [-0.3, -0.25) is 4.79 Å². The van der Waals surface area contributed by atoms with Crippen molar-refractivity contribution in [3.8, 4) is 0 Å². The van der Waals surface area contributed by atoms with Crippen molar-refractivity contribution >= 4 is 5.91 Å². The number of nitrogens with zero attached hydrogens (tertiary/aromatic N) is 1. The summed E-state index contributed by atoms with van der Waals surface area (Å²) in [6, 6.07) is 8.90. The number of carbonyl (C=O) groups excluding carboxylic acids is 1. The third-order valence-electron chi connectivity index (χ3n) is 4.02. The Kier molecular flexibility index (Phi) is 5.18. The molecule has 1 aromatic carbocycles. The Hall–Kier alpha value is -1.35. The van der Waals surface area contributed by atoms with Crippen LogP contribution < -0.4 is 5.73 Å². The van der Waals surface area contributed by atoms with Crippen LogP contribution in [-0.2, 0) is 11.3 Å². The molecule has 1 aromatic rings. The molecule has 110 valence electrons. The predicted molar refractivity (Wildman–Crippen MR) is 82.2 cm³/mol. The number of hydrogen-bond donors (Lipinski definition) is 1. The van der Waals surface area contributed by atoms with E-state index in [4.69, 9.17) is 5.73 Å². The minimum atomic E-state index is -0.00829. The summed E-state index contributed by atoms with van der Waals surface area (Å²) in [5, 5.41) is 0. The minimum absolute atomic E-state index is 0.00829. The summed E-state index contributed by atoms with van der Waals surface area (Å²) in [4.78, 5) is 14.7. The fourth-order valence-electron chi connectivity index (χ4n) is 2.59. The van der Waals surface area contributed by atoms with Gasteiger partial charge in [-0.2, -0.15) is 0 Å². The fourth-order valence-corrected chi connectivity index (χ4v) is 2.59. The molecule has 1 amide bonds. The molecule has 1 atom stereocenters. The molecule has 0 aromatic heterocycles. The highest BCUT2D eigenvalue weighted by Crippen LogP contribution is 2.30. The Balaban J connectivity index is 2.06. The summed E-state index contributed by atoms with van der Waals surface area (Å²) >= 11 is 0. The maximum absolute atomic E-state index is 12.7. The first-order chi connectivity index (χ1) is 9.65. The van der Waals surface area contributed by atoms with Crippen molar-refractivity contribution in [1.29, 1.82) is 0 Å². The number of nitrogens with two attached hydrogens (primary N) is 1. The molecule has 0 aliphatic heterocycles. The van der Waals surface area contributed by atoms with Crippen molar-refractivity contribution < 1.29 is 4.79 Å². The van der Waals surface area contributed by atoms with E-state index in [1.807, 2.05) is 0 Å². The molecular formula is C17H26N2O. The number of aryl methyl sites for hydroxylation is 1. The zero-order chi connectivity index (χ0) is 14.5. The van der Waals surface area contributed by atoms with Crippen molar-refractivity contribution in [2.24, 2.45) is 11.7 Å². The SMILES string of the molecule is CCCC(CN)C(=O)N(Cc1ccc(C)cc1)C1CC1. The van der Waals surface area contributed by atoms with Crippen LogP contribution in [0.2, 0.25) is 0 Å². The van der Waals surface area contributed by atoms with E-state index in [2.05, 4.69) is 43.0 Å². The van der Waals surface area contributed by atoms with Crippen LogP contribution in [0.3, 0.4) is 0 Å². The first-order valence-corrected chi connectivity index (χ1v) is 7.71. The summed E-state index contributed by atoms with van der Waals surface area (Å²) in [5.74, 6) is 0.239. The summed E-state index contributed by atoms with van der Waals surface area (Å²) in [7, 11) is 0. The molecule has 0 heterocycles. The van der Waals surface area contributed by atoms with Gasteiger partial charge in [0.1, 0.15) is 0 Å². The van der Waals surface area contributed by atoms with Gasteiger partial charge in [-0.15, -0.1) is 0 Å². The Morgan fingerprint density at radius 2 is 2.00 bits per heavy atom. The number of rotatable bonds is 7. The first kappa shape index (κ1) is 15.0. The molecule has 3 nitrogen and oxygen atoms in total. The number of carbonyl (C=O) groups is 1. The third-order valence-corrected chi connectivity index (χ3v) is 4.02. The van der Waals surface area contributed by atoms with Crippen molar-refractivity contribution in [3.63, 3.8) is 0 Å². The quantitative estimate of drug-likeness (QED) is 0.831. The second-order valence-electron chi connectivity index (χ2n) is 5.90. The fraction of sp³-hybridized carbons (Fsp3) is 0.588. The summed E-state index contributed by atoms with van der Waals surface area (Å²) < 4.78 is 0. The van der Waals surface area contributed by atoms with Gasteiger partial charge in [-0.05, 0) is 31.7 Å². The Morgan fingerprint density at radius 3 is 2.50 bits per heavy atom. The van der Waals surface area contributed by atoms with Crippen molar-refractivity contribution in [2.45, 2.75) is 52.1 Å². The van der Waals surface area contributed by atoms with Gasteiger partial charge in [0.05, 0.1) is 5.92 Å². The van der Waals surface area contributed by atoms with E-state index in [0.29, 0.717) is 12.6 Å². The number of amides is 1. The van der Waals surface area contributed by atoms with Gasteiger partial charge in [-0.25, -0.2) is 0 Å². The van der Waals surface area contributed by atoms with Crippen molar-refractivity contribution in [3.05, 3.63) is 35.4 Å². The molecule has 0 radical (unpaired) electrons. The molecule has 0 spiro atoms. The Labute approximate surface area is 122 Å². The van der Waals surface area contributed by atoms with Crippen LogP contribution >= 0.6 is 0 Å². The molecule has 3 heteroatoms. The molecule has 1 saturated carbocycles. The maximum Gasteiger partial charge on any atom is 0.227 e. The predicted octanol–water partition coefficient (Wildman–Crippen LogP) is 2.86. The molecule has 2 rings (SSSR count). The zero-order valence-electron chi connectivity index (χ0n) is 12.6. The normalized spacial score (nSPS) is 15.9. The molecular weight excluding hydrogens is 248 g/mol. The van der Waals surface area contributed by atoms with Gasteiger partial charge in [0.25, 0.3) is 0 Å². The third kappa shape index (κ3) is 3.83. The van der Waals surface area contributed by atoms with E-state index >= 15 is 0 Å². The minimum Gasteiger partial charge on any atom is -0.335 e. The van der Waals surface area contributed by atoms with Crippen molar-refractivity contribution in [1.82, 2.24) is 4.90 Å². The van der Waals surface area contributed by atoms with Crippen LogP contribution in [0.25, 0.3) is 0 Å². The lowest BCUT2D eigenvalue weighted by molar-refractivity contribution is -0.136. The largest absolute Gasteiger partial charge is 0.335 e. The molecule has 1 aliphatic carbocycles. The highest BCUT2D eigenvalue weighted by Gasteiger charge is 2.35. The molecule has 20 heavy (non-hydrogen) atoms. The highest BCUT2D eigenvalue weighted by molar-refractivity contribution is 5.79. The first-order valence-electron chi connectivity index (χ1n) is 7.71. The summed E-state index contributed by atoms with van der Waals surface area (Å²) in [6.07, 6.45) is 4.19. The number of benzene rings is 1. The van der Waals surface area contributed by atoms with E-state index in [-0.39, 0.29) is 11.8 Å². The van der Waals surface area contributed by atoms with Crippen LogP contribution in [0.5, 0.6) is 0 Å². The van der Waals surface area contributed by atoms with E-state index in [1.54, 1.807) is 0 Å². The van der Waals surface area contributed by atoms with Crippen LogP contribution in [0.15, 0.2) is 24.3 Å². The van der Waals surface area contributed by atoms with E-state index in [0.717, 1.165) is 32.2 Å². The topological polar surface area (TPSA) is 46.3 Å². The standard InChI is InChI=1S/C17H26N2O/c1-3-4-15(11-18)17(20)19(16-9-10-16)12-14-7-5-13(2)6-8-14/h5-8,15-16H,3-4,9-12,18H2,1-2H3.